The van der Waals surface area contributed by atoms with Crippen molar-refractivity contribution in [2.24, 2.45) is 0 Å². The lowest BCUT2D eigenvalue weighted by Crippen LogP contribution is -2.06. The van der Waals surface area contributed by atoms with Gasteiger partial charge in [0.2, 0.25) is 0 Å². The van der Waals surface area contributed by atoms with Gasteiger partial charge < -0.3 is 9.84 Å². The van der Waals surface area contributed by atoms with Crippen LogP contribution in [0.4, 0.5) is 0 Å². The number of unbranched alkanes of at least 4 members (excludes halogenated alkanes) is 48. The molecule has 0 aliphatic heterocycles. The fraction of sp³-hybridized carbons (Fsp3) is 0.983. The predicted molar refractivity (Wildman–Crippen MR) is 278 cm³/mol. The topological polar surface area (TPSA) is 46.5 Å². The molecule has 1 unspecified atom stereocenters. The van der Waals surface area contributed by atoms with Crippen LogP contribution in [0.5, 0.6) is 0 Å². The van der Waals surface area contributed by atoms with Crippen molar-refractivity contribution in [1.29, 1.82) is 0 Å². The predicted octanol–water partition coefficient (Wildman–Crippen LogP) is 21.0. The van der Waals surface area contributed by atoms with Crippen molar-refractivity contribution in [3.63, 3.8) is 0 Å². The maximum absolute atomic E-state index is 12.1. The molecule has 0 radical (unpaired) electrons. The number of hydrogen-bond donors (Lipinski definition) is 1. The Kier molecular flexibility index (Phi) is 56.0. The lowest BCUT2D eigenvalue weighted by Gasteiger charge is -2.10. The first kappa shape index (κ1) is 61.4. The van der Waals surface area contributed by atoms with E-state index in [9.17, 15) is 9.90 Å². The van der Waals surface area contributed by atoms with Crippen molar-refractivity contribution in [2.75, 3.05) is 6.61 Å². The van der Waals surface area contributed by atoms with Gasteiger partial charge in [-0.2, -0.15) is 0 Å². The molecule has 372 valence electrons. The van der Waals surface area contributed by atoms with Crippen LogP contribution >= 0.6 is 0 Å². The molecule has 0 aliphatic carbocycles. The monoisotopic (exact) mass is 875 g/mol. The second kappa shape index (κ2) is 56.6. The van der Waals surface area contributed by atoms with Gasteiger partial charge in [-0.05, 0) is 25.7 Å². The normalized spacial score (nSPS) is 12.1. The minimum absolute atomic E-state index is 0.00918. The van der Waals surface area contributed by atoms with Gasteiger partial charge in [0.1, 0.15) is 0 Å². The number of hydrogen-bond acceptors (Lipinski definition) is 3. The first-order valence-corrected chi connectivity index (χ1v) is 29.5. The van der Waals surface area contributed by atoms with Crippen molar-refractivity contribution in [3.8, 4) is 0 Å². The average Bonchev–Trinajstić information content (AvgIpc) is 3.27. The third-order valence-electron chi connectivity index (χ3n) is 14.1. The molecule has 3 heteroatoms. The molecular formula is C59H118O3. The highest BCUT2D eigenvalue weighted by atomic mass is 16.5. The zero-order valence-electron chi connectivity index (χ0n) is 43.2. The van der Waals surface area contributed by atoms with Crippen LogP contribution in [0.25, 0.3) is 0 Å². The number of rotatable bonds is 56. The maximum atomic E-state index is 12.1. The van der Waals surface area contributed by atoms with Crippen LogP contribution < -0.4 is 0 Å². The van der Waals surface area contributed by atoms with Crippen LogP contribution in [0.15, 0.2) is 0 Å². The summed E-state index contributed by atoms with van der Waals surface area (Å²) in [4.78, 5) is 12.1. The highest BCUT2D eigenvalue weighted by Crippen LogP contribution is 2.19. The molecule has 0 spiro atoms. The molecular weight excluding hydrogens is 757 g/mol. The van der Waals surface area contributed by atoms with Crippen LogP contribution in [0.3, 0.4) is 0 Å². The van der Waals surface area contributed by atoms with Gasteiger partial charge >= 0.3 is 5.97 Å². The van der Waals surface area contributed by atoms with E-state index in [0.29, 0.717) is 13.0 Å². The Labute approximate surface area is 392 Å². The van der Waals surface area contributed by atoms with Crippen molar-refractivity contribution < 1.29 is 14.6 Å². The highest BCUT2D eigenvalue weighted by Gasteiger charge is 2.05. The Hall–Kier alpha value is -0.570. The molecule has 1 N–H and O–H groups in total. The van der Waals surface area contributed by atoms with E-state index in [1.807, 2.05) is 0 Å². The largest absolute Gasteiger partial charge is 0.466 e. The number of aliphatic hydroxyl groups excluding tert-OH is 1. The van der Waals surface area contributed by atoms with Crippen molar-refractivity contribution in [1.82, 2.24) is 0 Å². The first-order valence-electron chi connectivity index (χ1n) is 29.5. The third kappa shape index (κ3) is 55.6. The standard InChI is InChI=1S/C59H118O3/c1-3-5-7-9-10-11-12-13-14-15-16-17-18-19-20-21-22-23-24-25-26-27-28-29-30-31-32-33-34-35-36-37-38-39-40-43-46-49-53-57-62-59(61)56-52-48-45-42-41-44-47-51-55-58(60)54-50-8-6-4-2/h58,60H,3-57H2,1-2H3. The number of esters is 1. The fourth-order valence-corrected chi connectivity index (χ4v) is 9.64. The summed E-state index contributed by atoms with van der Waals surface area (Å²) in [6, 6.07) is 0. The Morgan fingerprint density at radius 1 is 0.290 bits per heavy atom. The van der Waals surface area contributed by atoms with Crippen LogP contribution in [-0.4, -0.2) is 23.8 Å². The molecule has 0 rings (SSSR count). The second-order valence-electron chi connectivity index (χ2n) is 20.5. The quantitative estimate of drug-likeness (QED) is 0.0489. The SMILES string of the molecule is CCCCCCCCCCCCCCCCCCCCCCCCCCCCCCCCCCCCCCCCCOC(=O)CCCCCCCCCCC(O)CCCCCC. The lowest BCUT2D eigenvalue weighted by molar-refractivity contribution is -0.143. The van der Waals surface area contributed by atoms with Crippen LogP contribution in [0.2, 0.25) is 0 Å². The highest BCUT2D eigenvalue weighted by molar-refractivity contribution is 5.69. The minimum atomic E-state index is -0.0800. The van der Waals surface area contributed by atoms with Crippen molar-refractivity contribution in [3.05, 3.63) is 0 Å². The molecule has 0 bridgehead atoms. The van der Waals surface area contributed by atoms with E-state index in [-0.39, 0.29) is 12.1 Å². The zero-order valence-corrected chi connectivity index (χ0v) is 43.2. The number of ether oxygens (including phenoxy) is 1. The van der Waals surface area contributed by atoms with Crippen LogP contribution in [0, 0.1) is 0 Å². The fourth-order valence-electron chi connectivity index (χ4n) is 9.64. The summed E-state index contributed by atoms with van der Waals surface area (Å²) in [6.07, 6.45) is 73.2. The maximum Gasteiger partial charge on any atom is 0.305 e. The molecule has 0 fully saturated rings. The van der Waals surface area contributed by atoms with Gasteiger partial charge in [0.05, 0.1) is 12.7 Å². The van der Waals surface area contributed by atoms with Crippen molar-refractivity contribution >= 4 is 5.97 Å². The molecule has 62 heavy (non-hydrogen) atoms. The van der Waals surface area contributed by atoms with Gasteiger partial charge in [-0.1, -0.05) is 328 Å². The van der Waals surface area contributed by atoms with Gasteiger partial charge in [0.25, 0.3) is 0 Å². The lowest BCUT2D eigenvalue weighted by atomic mass is 10.0. The first-order chi connectivity index (χ1) is 30.7. The van der Waals surface area contributed by atoms with Gasteiger partial charge in [0.15, 0.2) is 0 Å². The second-order valence-corrected chi connectivity index (χ2v) is 20.5. The van der Waals surface area contributed by atoms with E-state index >= 15 is 0 Å². The van der Waals surface area contributed by atoms with Gasteiger partial charge in [0, 0.05) is 6.42 Å². The number of aliphatic hydroxyl groups is 1. The van der Waals surface area contributed by atoms with E-state index < -0.39 is 0 Å². The van der Waals surface area contributed by atoms with Crippen molar-refractivity contribution in [2.45, 2.75) is 367 Å². The molecule has 0 saturated carbocycles. The summed E-state index contributed by atoms with van der Waals surface area (Å²) in [7, 11) is 0. The van der Waals surface area contributed by atoms with E-state index in [1.54, 1.807) is 0 Å². The molecule has 0 saturated heterocycles. The molecule has 0 amide bonds. The Bertz CT molecular complexity index is 796. The van der Waals surface area contributed by atoms with Gasteiger partial charge in [-0.3, -0.25) is 4.79 Å². The molecule has 0 aromatic heterocycles. The summed E-state index contributed by atoms with van der Waals surface area (Å²) in [5.41, 5.74) is 0. The Morgan fingerprint density at radius 3 is 0.742 bits per heavy atom. The number of carbonyl (C=O) groups is 1. The van der Waals surface area contributed by atoms with E-state index in [1.165, 1.54) is 308 Å². The van der Waals surface area contributed by atoms with E-state index in [2.05, 4.69) is 13.8 Å². The third-order valence-corrected chi connectivity index (χ3v) is 14.1. The Morgan fingerprint density at radius 2 is 0.484 bits per heavy atom. The molecule has 0 aromatic rings. The van der Waals surface area contributed by atoms with Crippen LogP contribution in [-0.2, 0) is 9.53 Å². The summed E-state index contributed by atoms with van der Waals surface area (Å²) < 4.78 is 5.49. The van der Waals surface area contributed by atoms with Crippen LogP contribution in [0.1, 0.15) is 361 Å². The Balaban J connectivity index is 3.15. The minimum Gasteiger partial charge on any atom is -0.466 e. The average molecular weight is 876 g/mol. The van der Waals surface area contributed by atoms with Gasteiger partial charge in [-0.15, -0.1) is 0 Å². The molecule has 0 heterocycles. The number of carbonyl (C=O) groups excluding carboxylic acids is 1. The summed E-state index contributed by atoms with van der Waals surface area (Å²) in [6.45, 7) is 5.16. The smallest absolute Gasteiger partial charge is 0.305 e. The zero-order chi connectivity index (χ0) is 44.8. The molecule has 3 nitrogen and oxygen atoms in total. The molecule has 0 aromatic carbocycles. The summed E-state index contributed by atoms with van der Waals surface area (Å²) >= 11 is 0. The molecule has 1 atom stereocenters. The van der Waals surface area contributed by atoms with E-state index in [0.717, 1.165) is 32.1 Å². The van der Waals surface area contributed by atoms with E-state index in [4.69, 9.17) is 4.74 Å². The van der Waals surface area contributed by atoms with Gasteiger partial charge in [-0.25, -0.2) is 0 Å². The molecule has 0 aliphatic rings. The summed E-state index contributed by atoms with van der Waals surface area (Å²) in [5.74, 6) is 0.00918. The summed E-state index contributed by atoms with van der Waals surface area (Å²) in [5, 5.41) is 10.1.